The Labute approximate surface area is 172 Å². The number of amides is 1. The Bertz CT molecular complexity index is 1010. The summed E-state index contributed by atoms with van der Waals surface area (Å²) in [7, 11) is 1.50. The first kappa shape index (κ1) is 19.8. The third-order valence-corrected chi connectivity index (χ3v) is 5.10. The molecule has 2 aromatic rings. The maximum Gasteiger partial charge on any atom is 0.295 e. The molecule has 2 aliphatic rings. The van der Waals surface area contributed by atoms with Crippen LogP contribution >= 0.6 is 0 Å². The number of phenolic OH excluding ortho intramolecular Hbond substituents is 1. The molecule has 1 unspecified atom stereocenters. The van der Waals surface area contributed by atoms with Crippen molar-refractivity contribution in [2.75, 3.05) is 33.5 Å². The van der Waals surface area contributed by atoms with E-state index in [0.717, 1.165) is 0 Å². The number of carbonyl (C=O) groups is 2. The first-order chi connectivity index (χ1) is 14.5. The first-order valence-electron chi connectivity index (χ1n) is 9.47. The van der Waals surface area contributed by atoms with Crippen LogP contribution in [0.3, 0.4) is 0 Å². The highest BCUT2D eigenvalue weighted by atomic mass is 16.6. The number of hydrogen-bond donors (Lipinski definition) is 2. The van der Waals surface area contributed by atoms with Gasteiger partial charge in [0.1, 0.15) is 24.7 Å². The quantitative estimate of drug-likeness (QED) is 0.442. The van der Waals surface area contributed by atoms with Crippen molar-refractivity contribution < 1.29 is 34.0 Å². The minimum Gasteiger partial charge on any atom is -0.508 e. The zero-order chi connectivity index (χ0) is 21.3. The number of benzene rings is 2. The highest BCUT2D eigenvalue weighted by molar-refractivity contribution is 6.46. The van der Waals surface area contributed by atoms with Crippen LogP contribution in [0.1, 0.15) is 17.2 Å². The summed E-state index contributed by atoms with van der Waals surface area (Å²) in [4.78, 5) is 27.0. The van der Waals surface area contributed by atoms with Crippen molar-refractivity contribution in [1.29, 1.82) is 0 Å². The van der Waals surface area contributed by atoms with Crippen molar-refractivity contribution in [1.82, 2.24) is 4.90 Å². The minimum absolute atomic E-state index is 0.0292. The van der Waals surface area contributed by atoms with Crippen molar-refractivity contribution in [2.24, 2.45) is 0 Å². The van der Waals surface area contributed by atoms with Gasteiger partial charge in [-0.2, -0.15) is 0 Å². The van der Waals surface area contributed by atoms with Crippen LogP contribution in [-0.4, -0.2) is 60.3 Å². The molecule has 2 heterocycles. The summed E-state index contributed by atoms with van der Waals surface area (Å²) in [5, 5.41) is 20.7. The molecule has 1 atom stereocenters. The number of likely N-dealkylation sites (tertiary alicyclic amines) is 1. The van der Waals surface area contributed by atoms with Crippen molar-refractivity contribution in [3.05, 3.63) is 59.2 Å². The lowest BCUT2D eigenvalue weighted by atomic mass is 9.95. The van der Waals surface area contributed by atoms with Crippen molar-refractivity contribution >= 4 is 17.4 Å². The Morgan fingerprint density at radius 1 is 1.10 bits per heavy atom. The van der Waals surface area contributed by atoms with Gasteiger partial charge in [0.25, 0.3) is 11.7 Å². The summed E-state index contributed by atoms with van der Waals surface area (Å²) in [6.45, 7) is 1.21. The summed E-state index contributed by atoms with van der Waals surface area (Å²) >= 11 is 0. The summed E-state index contributed by atoms with van der Waals surface area (Å²) in [6.07, 6.45) is 0. The minimum atomic E-state index is -0.811. The highest BCUT2D eigenvalue weighted by Crippen LogP contribution is 2.41. The maximum absolute atomic E-state index is 12.9. The number of aliphatic hydroxyl groups is 1. The second-order valence-electron chi connectivity index (χ2n) is 6.94. The van der Waals surface area contributed by atoms with E-state index in [9.17, 15) is 19.8 Å². The molecule has 2 aromatic carbocycles. The predicted molar refractivity (Wildman–Crippen MR) is 106 cm³/mol. The van der Waals surface area contributed by atoms with E-state index in [4.69, 9.17) is 14.2 Å². The van der Waals surface area contributed by atoms with Crippen LogP contribution in [-0.2, 0) is 14.3 Å². The normalized spacial score (nSPS) is 19.9. The summed E-state index contributed by atoms with van der Waals surface area (Å²) < 4.78 is 16.1. The number of methoxy groups -OCH3 is 1. The van der Waals surface area contributed by atoms with Gasteiger partial charge in [-0.15, -0.1) is 0 Å². The number of rotatable bonds is 5. The molecular formula is C22H21NO7. The second-order valence-corrected chi connectivity index (χ2v) is 6.94. The van der Waals surface area contributed by atoms with Crippen LogP contribution in [0.4, 0.5) is 0 Å². The molecule has 8 nitrogen and oxygen atoms in total. The molecule has 0 radical (unpaired) electrons. The van der Waals surface area contributed by atoms with Gasteiger partial charge in [-0.1, -0.05) is 12.1 Å². The van der Waals surface area contributed by atoms with Crippen LogP contribution in [0.25, 0.3) is 5.76 Å². The van der Waals surface area contributed by atoms with Gasteiger partial charge >= 0.3 is 0 Å². The molecule has 2 aliphatic heterocycles. The Balaban J connectivity index is 1.82. The van der Waals surface area contributed by atoms with Gasteiger partial charge in [-0.25, -0.2) is 0 Å². The van der Waals surface area contributed by atoms with E-state index < -0.39 is 17.7 Å². The van der Waals surface area contributed by atoms with E-state index in [-0.39, 0.29) is 30.2 Å². The Hall–Kier alpha value is -3.52. The van der Waals surface area contributed by atoms with Gasteiger partial charge in [-0.3, -0.25) is 9.59 Å². The number of nitrogens with zero attached hydrogens (tertiary/aromatic N) is 1. The fourth-order valence-corrected chi connectivity index (χ4v) is 3.65. The predicted octanol–water partition coefficient (Wildman–Crippen LogP) is 2.23. The largest absolute Gasteiger partial charge is 0.508 e. The van der Waals surface area contributed by atoms with Crippen LogP contribution in [0, 0.1) is 0 Å². The average molecular weight is 411 g/mol. The Kier molecular flexibility index (Phi) is 5.33. The van der Waals surface area contributed by atoms with Gasteiger partial charge in [-0.05, 0) is 35.9 Å². The third-order valence-electron chi connectivity index (χ3n) is 5.10. The van der Waals surface area contributed by atoms with Crippen molar-refractivity contribution in [3.8, 4) is 17.2 Å². The van der Waals surface area contributed by atoms with Gasteiger partial charge in [0, 0.05) is 19.2 Å². The molecule has 0 spiro atoms. The molecule has 156 valence electrons. The third kappa shape index (κ3) is 3.46. The molecule has 0 saturated carbocycles. The molecule has 2 N–H and O–H groups in total. The van der Waals surface area contributed by atoms with Gasteiger partial charge in [0.15, 0.2) is 11.5 Å². The SMILES string of the molecule is COCCN1C(=O)C(=O)/C(=C(/O)c2ccc3c(c2)OCCO3)C1c1ccc(O)cc1. The molecule has 1 saturated heterocycles. The molecule has 1 fully saturated rings. The lowest BCUT2D eigenvalue weighted by molar-refractivity contribution is -0.140. The number of aliphatic hydroxyl groups excluding tert-OH is 1. The number of ether oxygens (including phenoxy) is 3. The van der Waals surface area contributed by atoms with E-state index in [2.05, 4.69) is 0 Å². The fraction of sp³-hybridized carbons (Fsp3) is 0.273. The van der Waals surface area contributed by atoms with E-state index >= 15 is 0 Å². The van der Waals surface area contributed by atoms with E-state index in [1.165, 1.54) is 24.1 Å². The van der Waals surface area contributed by atoms with E-state index in [0.29, 0.717) is 35.8 Å². The molecule has 0 aromatic heterocycles. The van der Waals surface area contributed by atoms with Crippen LogP contribution in [0.2, 0.25) is 0 Å². The molecule has 4 rings (SSSR count). The van der Waals surface area contributed by atoms with Crippen LogP contribution in [0.5, 0.6) is 17.2 Å². The molecule has 8 heteroatoms. The lowest BCUT2D eigenvalue weighted by Crippen LogP contribution is -2.32. The molecule has 1 amide bonds. The maximum atomic E-state index is 12.9. The molecular weight excluding hydrogens is 390 g/mol. The van der Waals surface area contributed by atoms with Crippen molar-refractivity contribution in [3.63, 3.8) is 0 Å². The standard InChI is InChI=1S/C22H21NO7/c1-28-9-8-23-19(13-2-5-15(24)6-3-13)18(21(26)22(23)27)20(25)14-4-7-16-17(12-14)30-11-10-29-16/h2-7,12,19,24-25H,8-11H2,1H3/b20-18+. The van der Waals surface area contributed by atoms with Gasteiger partial charge < -0.3 is 29.3 Å². The number of ketones is 1. The van der Waals surface area contributed by atoms with Gasteiger partial charge in [0.2, 0.25) is 0 Å². The number of Topliss-reactive ketones (excluding diaryl/α,β-unsaturated/α-hetero) is 1. The molecule has 0 aliphatic carbocycles. The number of carbonyl (C=O) groups excluding carboxylic acids is 2. The zero-order valence-corrected chi connectivity index (χ0v) is 16.3. The smallest absolute Gasteiger partial charge is 0.295 e. The fourth-order valence-electron chi connectivity index (χ4n) is 3.65. The van der Waals surface area contributed by atoms with Crippen molar-refractivity contribution in [2.45, 2.75) is 6.04 Å². The number of aromatic hydroxyl groups is 1. The monoisotopic (exact) mass is 411 g/mol. The number of hydrogen-bond acceptors (Lipinski definition) is 7. The molecule has 30 heavy (non-hydrogen) atoms. The topological polar surface area (TPSA) is 106 Å². The Morgan fingerprint density at radius 2 is 1.80 bits per heavy atom. The first-order valence-corrected chi connectivity index (χ1v) is 9.47. The van der Waals surface area contributed by atoms with E-state index in [1.807, 2.05) is 0 Å². The van der Waals surface area contributed by atoms with Crippen LogP contribution in [0.15, 0.2) is 48.0 Å². The number of fused-ring (bicyclic) bond motifs is 1. The zero-order valence-electron chi connectivity index (χ0n) is 16.3. The Morgan fingerprint density at radius 3 is 2.50 bits per heavy atom. The average Bonchev–Trinajstić information content (AvgIpc) is 3.02. The summed E-state index contributed by atoms with van der Waals surface area (Å²) in [6, 6.07) is 10.2. The highest BCUT2D eigenvalue weighted by Gasteiger charge is 2.45. The van der Waals surface area contributed by atoms with Crippen LogP contribution < -0.4 is 9.47 Å². The second kappa shape index (κ2) is 8.08. The lowest BCUT2D eigenvalue weighted by Gasteiger charge is -2.25. The molecule has 0 bridgehead atoms. The summed E-state index contributed by atoms with van der Waals surface area (Å²) in [5.41, 5.74) is 0.897. The van der Waals surface area contributed by atoms with Gasteiger partial charge in [0.05, 0.1) is 18.2 Å². The number of phenols is 1. The summed E-state index contributed by atoms with van der Waals surface area (Å²) in [5.74, 6) is -0.739. The van der Waals surface area contributed by atoms with E-state index in [1.54, 1.807) is 30.3 Å².